The molecule has 98 valence electrons. The molecule has 1 rings (SSSR count). The molecule has 0 aromatic carbocycles. The van der Waals surface area contributed by atoms with E-state index in [0.717, 1.165) is 37.4 Å². The molecule has 0 saturated heterocycles. The molecule has 1 aromatic heterocycles. The molecule has 0 bridgehead atoms. The normalized spacial score (nSPS) is 12.0. The zero-order valence-corrected chi connectivity index (χ0v) is 12.2. The van der Waals surface area contributed by atoms with Gasteiger partial charge in [-0.15, -0.1) is 11.3 Å². The van der Waals surface area contributed by atoms with Gasteiger partial charge in [-0.2, -0.15) is 0 Å². The molecule has 0 aliphatic carbocycles. The molecule has 4 heteroatoms. The maximum Gasteiger partial charge on any atom is 0.125 e. The van der Waals surface area contributed by atoms with Gasteiger partial charge in [-0.25, -0.2) is 4.98 Å². The number of nitrogens with zero attached hydrogens (tertiary/aromatic N) is 1. The van der Waals surface area contributed by atoms with Crippen molar-refractivity contribution in [3.63, 3.8) is 0 Å². The molecule has 1 aromatic rings. The van der Waals surface area contributed by atoms with Crippen LogP contribution in [0.1, 0.15) is 44.3 Å². The largest absolute Gasteiger partial charge is 0.371 e. The highest BCUT2D eigenvalue weighted by molar-refractivity contribution is 7.09. The summed E-state index contributed by atoms with van der Waals surface area (Å²) < 4.78 is 5.69. The maximum absolute atomic E-state index is 5.69. The zero-order chi connectivity index (χ0) is 12.7. The fraction of sp³-hybridized carbons (Fsp3) is 0.769. The topological polar surface area (TPSA) is 34.1 Å². The maximum atomic E-state index is 5.69. The number of rotatable bonds is 8. The Labute approximate surface area is 109 Å². The monoisotopic (exact) mass is 256 g/mol. The van der Waals surface area contributed by atoms with Gasteiger partial charge >= 0.3 is 0 Å². The van der Waals surface area contributed by atoms with Gasteiger partial charge in [-0.05, 0) is 19.4 Å². The van der Waals surface area contributed by atoms with E-state index in [4.69, 9.17) is 9.72 Å². The molecule has 17 heavy (non-hydrogen) atoms. The Balaban J connectivity index is 2.71. The highest BCUT2D eigenvalue weighted by Crippen LogP contribution is 2.34. The summed E-state index contributed by atoms with van der Waals surface area (Å²) >= 11 is 1.72. The van der Waals surface area contributed by atoms with E-state index in [1.54, 1.807) is 18.4 Å². The first-order valence-corrected chi connectivity index (χ1v) is 7.31. The summed E-state index contributed by atoms with van der Waals surface area (Å²) in [5.74, 6) is 0. The third kappa shape index (κ3) is 3.50. The Morgan fingerprint density at radius 3 is 2.59 bits per heavy atom. The van der Waals surface area contributed by atoms with Gasteiger partial charge in [0.15, 0.2) is 0 Å². The number of thiazole rings is 1. The standard InChI is InChI=1S/C13H24N2OS/c1-5-13(6-2,16-4)12-15-11(10-17-12)8-9-14-7-3/h10,14H,5-9H2,1-4H3. The van der Waals surface area contributed by atoms with Crippen LogP contribution in [0.25, 0.3) is 0 Å². The summed E-state index contributed by atoms with van der Waals surface area (Å²) in [6, 6.07) is 0. The quantitative estimate of drug-likeness (QED) is 0.726. The molecule has 0 saturated carbocycles. The molecule has 1 N–H and O–H groups in total. The molecule has 0 radical (unpaired) electrons. The lowest BCUT2D eigenvalue weighted by Crippen LogP contribution is -2.26. The van der Waals surface area contributed by atoms with E-state index in [1.165, 1.54) is 5.69 Å². The van der Waals surface area contributed by atoms with Crippen LogP contribution in [0.15, 0.2) is 5.38 Å². The van der Waals surface area contributed by atoms with Crippen LogP contribution in [0, 0.1) is 0 Å². The Bertz CT molecular complexity index is 313. The lowest BCUT2D eigenvalue weighted by atomic mass is 9.98. The first kappa shape index (κ1) is 14.6. The lowest BCUT2D eigenvalue weighted by molar-refractivity contribution is -0.0219. The molecule has 1 heterocycles. The number of hydrogen-bond donors (Lipinski definition) is 1. The third-order valence-electron chi connectivity index (χ3n) is 3.28. The average Bonchev–Trinajstić information content (AvgIpc) is 2.82. The number of aromatic nitrogens is 1. The number of ether oxygens (including phenoxy) is 1. The summed E-state index contributed by atoms with van der Waals surface area (Å²) in [6.07, 6.45) is 2.94. The van der Waals surface area contributed by atoms with Crippen molar-refractivity contribution in [2.75, 3.05) is 20.2 Å². The molecule has 0 amide bonds. The fourth-order valence-electron chi connectivity index (χ4n) is 1.95. The summed E-state index contributed by atoms with van der Waals surface area (Å²) in [4.78, 5) is 4.72. The minimum atomic E-state index is -0.179. The molecule has 0 unspecified atom stereocenters. The van der Waals surface area contributed by atoms with Crippen molar-refractivity contribution in [2.24, 2.45) is 0 Å². The van der Waals surface area contributed by atoms with Crippen LogP contribution in [0.4, 0.5) is 0 Å². The van der Waals surface area contributed by atoms with E-state index in [-0.39, 0.29) is 5.60 Å². The Morgan fingerprint density at radius 1 is 1.35 bits per heavy atom. The highest BCUT2D eigenvalue weighted by atomic mass is 32.1. The van der Waals surface area contributed by atoms with Crippen molar-refractivity contribution in [1.29, 1.82) is 0 Å². The lowest BCUT2D eigenvalue weighted by Gasteiger charge is -2.27. The summed E-state index contributed by atoms with van der Waals surface area (Å²) in [6.45, 7) is 8.46. The predicted octanol–water partition coefficient (Wildman–Crippen LogP) is 2.96. The van der Waals surface area contributed by atoms with Gasteiger partial charge in [-0.1, -0.05) is 20.8 Å². The Kier molecular flexibility index (Phi) is 6.09. The van der Waals surface area contributed by atoms with Crippen LogP contribution in [0.3, 0.4) is 0 Å². The molecule has 0 atom stereocenters. The van der Waals surface area contributed by atoms with Crippen LogP contribution < -0.4 is 5.32 Å². The van der Waals surface area contributed by atoms with Gasteiger partial charge in [0, 0.05) is 25.5 Å². The second-order valence-electron chi connectivity index (χ2n) is 4.15. The van der Waals surface area contributed by atoms with Gasteiger partial charge in [0.05, 0.1) is 5.69 Å². The van der Waals surface area contributed by atoms with Gasteiger partial charge < -0.3 is 10.1 Å². The number of nitrogens with one attached hydrogen (secondary N) is 1. The van der Waals surface area contributed by atoms with Gasteiger partial charge in [0.1, 0.15) is 10.6 Å². The third-order valence-corrected chi connectivity index (χ3v) is 4.36. The fourth-order valence-corrected chi connectivity index (χ4v) is 3.13. The van der Waals surface area contributed by atoms with Crippen LogP contribution in [-0.2, 0) is 16.8 Å². The van der Waals surface area contributed by atoms with Crippen molar-refractivity contribution in [1.82, 2.24) is 10.3 Å². The van der Waals surface area contributed by atoms with Crippen LogP contribution in [0.2, 0.25) is 0 Å². The summed E-state index contributed by atoms with van der Waals surface area (Å²) in [5, 5.41) is 6.60. The van der Waals surface area contributed by atoms with Crippen molar-refractivity contribution in [3.8, 4) is 0 Å². The van der Waals surface area contributed by atoms with Crippen molar-refractivity contribution in [2.45, 2.75) is 45.6 Å². The van der Waals surface area contributed by atoms with E-state index in [1.807, 2.05) is 0 Å². The van der Waals surface area contributed by atoms with Gasteiger partial charge in [0.2, 0.25) is 0 Å². The second-order valence-corrected chi connectivity index (χ2v) is 5.01. The van der Waals surface area contributed by atoms with Crippen LogP contribution in [-0.4, -0.2) is 25.2 Å². The van der Waals surface area contributed by atoms with E-state index in [9.17, 15) is 0 Å². The number of likely N-dealkylation sites (N-methyl/N-ethyl adjacent to an activating group) is 1. The first-order valence-electron chi connectivity index (χ1n) is 6.43. The van der Waals surface area contributed by atoms with Crippen LogP contribution >= 0.6 is 11.3 Å². The molecule has 0 fully saturated rings. The number of hydrogen-bond acceptors (Lipinski definition) is 4. The highest BCUT2D eigenvalue weighted by Gasteiger charge is 2.31. The van der Waals surface area contributed by atoms with Gasteiger partial charge in [-0.3, -0.25) is 0 Å². The van der Waals surface area contributed by atoms with Crippen molar-refractivity contribution < 1.29 is 4.74 Å². The zero-order valence-electron chi connectivity index (χ0n) is 11.4. The average molecular weight is 256 g/mol. The summed E-state index contributed by atoms with van der Waals surface area (Å²) in [5.41, 5.74) is 0.996. The second kappa shape index (κ2) is 7.09. The Hall–Kier alpha value is -0.450. The van der Waals surface area contributed by atoms with Crippen LogP contribution in [0.5, 0.6) is 0 Å². The minimum Gasteiger partial charge on any atom is -0.371 e. The van der Waals surface area contributed by atoms with Crippen molar-refractivity contribution in [3.05, 3.63) is 16.1 Å². The number of methoxy groups -OCH3 is 1. The van der Waals surface area contributed by atoms with E-state index >= 15 is 0 Å². The SMILES string of the molecule is CCNCCc1csc(C(CC)(CC)OC)n1. The van der Waals surface area contributed by atoms with E-state index in [2.05, 4.69) is 31.5 Å². The molecule has 0 spiro atoms. The Morgan fingerprint density at radius 2 is 2.06 bits per heavy atom. The molecule has 0 aliphatic rings. The molecule has 0 aliphatic heterocycles. The van der Waals surface area contributed by atoms with E-state index in [0.29, 0.717) is 0 Å². The summed E-state index contributed by atoms with van der Waals surface area (Å²) in [7, 11) is 1.78. The smallest absolute Gasteiger partial charge is 0.125 e. The first-order chi connectivity index (χ1) is 8.22. The van der Waals surface area contributed by atoms with E-state index < -0.39 is 0 Å². The minimum absolute atomic E-state index is 0.179. The molecular weight excluding hydrogens is 232 g/mol. The van der Waals surface area contributed by atoms with Crippen molar-refractivity contribution >= 4 is 11.3 Å². The predicted molar refractivity (Wildman–Crippen MR) is 73.6 cm³/mol. The molecular formula is C13H24N2OS. The van der Waals surface area contributed by atoms with Gasteiger partial charge in [0.25, 0.3) is 0 Å². The molecule has 3 nitrogen and oxygen atoms in total.